The summed E-state index contributed by atoms with van der Waals surface area (Å²) >= 11 is 0. The number of carboxylic acids is 1. The van der Waals surface area contributed by atoms with Gasteiger partial charge in [0.15, 0.2) is 5.56 Å². The van der Waals surface area contributed by atoms with Gasteiger partial charge in [0.1, 0.15) is 12.4 Å². The van der Waals surface area contributed by atoms with Gasteiger partial charge >= 0.3 is 5.97 Å². The van der Waals surface area contributed by atoms with E-state index in [1.54, 1.807) is 0 Å². The summed E-state index contributed by atoms with van der Waals surface area (Å²) in [5, 5.41) is 21.0. The van der Waals surface area contributed by atoms with E-state index in [-0.39, 0.29) is 19.1 Å². The Bertz CT molecular complexity index is 908. The van der Waals surface area contributed by atoms with Gasteiger partial charge in [0, 0.05) is 19.6 Å². The summed E-state index contributed by atoms with van der Waals surface area (Å²) in [4.78, 5) is 39.9. The second-order valence-electron chi connectivity index (χ2n) is 6.70. The van der Waals surface area contributed by atoms with E-state index in [4.69, 9.17) is 9.84 Å². The molecule has 0 saturated heterocycles. The molecule has 0 atom stereocenters. The molecule has 156 valence electrons. The SMILES string of the molecule is CC(C)OCCCn1c(Cc2ccccc2)nc(O)c(C(=O)NCC(=O)O)c1=O. The molecule has 0 bridgehead atoms. The van der Waals surface area contributed by atoms with Crippen LogP contribution in [0.25, 0.3) is 0 Å². The number of aromatic nitrogens is 2. The van der Waals surface area contributed by atoms with Crippen molar-refractivity contribution in [3.05, 3.63) is 57.6 Å². The van der Waals surface area contributed by atoms with Crippen molar-refractivity contribution in [3.8, 4) is 5.88 Å². The number of hydrogen-bond acceptors (Lipinski definition) is 6. The third-order valence-electron chi connectivity index (χ3n) is 4.04. The quantitative estimate of drug-likeness (QED) is 0.508. The topological polar surface area (TPSA) is 131 Å². The first kappa shape index (κ1) is 22.1. The Labute approximate surface area is 168 Å². The molecule has 29 heavy (non-hydrogen) atoms. The van der Waals surface area contributed by atoms with Crippen LogP contribution in [0.15, 0.2) is 35.1 Å². The smallest absolute Gasteiger partial charge is 0.322 e. The fourth-order valence-electron chi connectivity index (χ4n) is 2.71. The molecule has 1 amide bonds. The highest BCUT2D eigenvalue weighted by atomic mass is 16.5. The van der Waals surface area contributed by atoms with Gasteiger partial charge in [-0.25, -0.2) is 0 Å². The molecular formula is C20H25N3O6. The van der Waals surface area contributed by atoms with Crippen molar-refractivity contribution < 1.29 is 24.5 Å². The highest BCUT2D eigenvalue weighted by Gasteiger charge is 2.22. The number of aliphatic carboxylic acids is 1. The number of carbonyl (C=O) groups is 2. The Kier molecular flexibility index (Phi) is 7.90. The summed E-state index contributed by atoms with van der Waals surface area (Å²) in [6.07, 6.45) is 0.833. The Morgan fingerprint density at radius 1 is 1.24 bits per heavy atom. The van der Waals surface area contributed by atoms with Crippen molar-refractivity contribution in [2.24, 2.45) is 0 Å². The van der Waals surface area contributed by atoms with E-state index in [1.807, 2.05) is 44.2 Å². The van der Waals surface area contributed by atoms with Crippen LogP contribution in [-0.4, -0.2) is 50.9 Å². The van der Waals surface area contributed by atoms with E-state index >= 15 is 0 Å². The molecule has 0 aliphatic carbocycles. The summed E-state index contributed by atoms with van der Waals surface area (Å²) in [6, 6.07) is 9.29. The van der Waals surface area contributed by atoms with Crippen LogP contribution in [0.5, 0.6) is 5.88 Å². The van der Waals surface area contributed by atoms with Gasteiger partial charge in [-0.3, -0.25) is 19.0 Å². The third kappa shape index (κ3) is 6.42. The molecule has 0 aliphatic rings. The normalized spacial score (nSPS) is 10.9. The highest BCUT2D eigenvalue weighted by Crippen LogP contribution is 2.14. The fraction of sp³-hybridized carbons (Fsp3) is 0.400. The number of hydrogen-bond donors (Lipinski definition) is 3. The summed E-state index contributed by atoms with van der Waals surface area (Å²) in [6.45, 7) is 3.78. The van der Waals surface area contributed by atoms with Crippen LogP contribution >= 0.6 is 0 Å². The predicted octanol–water partition coefficient (Wildman–Crippen LogP) is 1.17. The van der Waals surface area contributed by atoms with Crippen molar-refractivity contribution in [1.29, 1.82) is 0 Å². The summed E-state index contributed by atoms with van der Waals surface area (Å²) in [5.74, 6) is -2.67. The number of aromatic hydroxyl groups is 1. The van der Waals surface area contributed by atoms with Crippen LogP contribution in [0.2, 0.25) is 0 Å². The molecule has 0 radical (unpaired) electrons. The lowest BCUT2D eigenvalue weighted by Gasteiger charge is -2.15. The molecule has 0 saturated carbocycles. The van der Waals surface area contributed by atoms with Crippen molar-refractivity contribution >= 4 is 11.9 Å². The zero-order chi connectivity index (χ0) is 21.4. The molecule has 2 rings (SSSR count). The summed E-state index contributed by atoms with van der Waals surface area (Å²) in [5.41, 5.74) is -0.419. The van der Waals surface area contributed by atoms with Crippen LogP contribution in [0.3, 0.4) is 0 Å². The zero-order valence-corrected chi connectivity index (χ0v) is 16.4. The molecule has 2 aromatic rings. The maximum Gasteiger partial charge on any atom is 0.322 e. The number of amides is 1. The number of nitrogens with zero attached hydrogens (tertiary/aromatic N) is 2. The van der Waals surface area contributed by atoms with E-state index in [9.17, 15) is 19.5 Å². The lowest BCUT2D eigenvalue weighted by atomic mass is 10.1. The molecule has 1 aromatic heterocycles. The molecule has 0 unspecified atom stereocenters. The van der Waals surface area contributed by atoms with E-state index < -0.39 is 35.4 Å². The Hall–Kier alpha value is -3.20. The van der Waals surface area contributed by atoms with Crippen LogP contribution in [0.1, 0.15) is 42.0 Å². The first-order valence-corrected chi connectivity index (χ1v) is 9.27. The van der Waals surface area contributed by atoms with Crippen LogP contribution < -0.4 is 10.9 Å². The standard InChI is InChI=1S/C20H25N3O6/c1-13(2)29-10-6-9-23-15(11-14-7-4-3-5-8-14)22-19(27)17(20(23)28)18(26)21-12-16(24)25/h3-5,7-8,13,27H,6,9-12H2,1-2H3,(H,21,26)(H,24,25). The second-order valence-corrected chi connectivity index (χ2v) is 6.70. The highest BCUT2D eigenvalue weighted by molar-refractivity contribution is 5.97. The fourth-order valence-corrected chi connectivity index (χ4v) is 2.71. The molecule has 0 aliphatic heterocycles. The van der Waals surface area contributed by atoms with Crippen molar-refractivity contribution in [2.75, 3.05) is 13.2 Å². The molecule has 9 heteroatoms. The minimum atomic E-state index is -1.27. The monoisotopic (exact) mass is 403 g/mol. The number of carboxylic acid groups (broad SMARTS) is 1. The molecule has 0 fully saturated rings. The van der Waals surface area contributed by atoms with Crippen molar-refractivity contribution in [3.63, 3.8) is 0 Å². The van der Waals surface area contributed by atoms with Crippen LogP contribution in [-0.2, 0) is 22.5 Å². The lowest BCUT2D eigenvalue weighted by Crippen LogP contribution is -2.37. The van der Waals surface area contributed by atoms with Crippen LogP contribution in [0.4, 0.5) is 0 Å². The number of nitrogens with one attached hydrogen (secondary N) is 1. The molecule has 9 nitrogen and oxygen atoms in total. The molecule has 3 N–H and O–H groups in total. The minimum absolute atomic E-state index is 0.0470. The van der Waals surface area contributed by atoms with E-state index in [1.165, 1.54) is 4.57 Å². The maximum absolute atomic E-state index is 12.9. The minimum Gasteiger partial charge on any atom is -0.493 e. The van der Waals surface area contributed by atoms with Crippen molar-refractivity contribution in [2.45, 2.75) is 39.3 Å². The first-order valence-electron chi connectivity index (χ1n) is 9.27. The van der Waals surface area contributed by atoms with Crippen LogP contribution in [0, 0.1) is 0 Å². The largest absolute Gasteiger partial charge is 0.493 e. The van der Waals surface area contributed by atoms with Gasteiger partial charge in [-0.1, -0.05) is 30.3 Å². The maximum atomic E-state index is 12.9. The molecule has 1 aromatic carbocycles. The molecule has 1 heterocycles. The van der Waals surface area contributed by atoms with E-state index in [0.717, 1.165) is 5.56 Å². The number of benzene rings is 1. The average Bonchev–Trinajstić information content (AvgIpc) is 2.66. The third-order valence-corrected chi connectivity index (χ3v) is 4.04. The number of carbonyl (C=O) groups excluding carboxylic acids is 1. The van der Waals surface area contributed by atoms with Gasteiger partial charge in [-0.05, 0) is 25.8 Å². The molecule has 0 spiro atoms. The van der Waals surface area contributed by atoms with Gasteiger partial charge in [0.05, 0.1) is 6.10 Å². The average molecular weight is 403 g/mol. The van der Waals surface area contributed by atoms with E-state index in [0.29, 0.717) is 18.9 Å². The Morgan fingerprint density at radius 2 is 1.93 bits per heavy atom. The Morgan fingerprint density at radius 3 is 2.55 bits per heavy atom. The summed E-state index contributed by atoms with van der Waals surface area (Å²) < 4.78 is 6.82. The first-order chi connectivity index (χ1) is 13.8. The molecular weight excluding hydrogens is 378 g/mol. The lowest BCUT2D eigenvalue weighted by molar-refractivity contribution is -0.135. The Balaban J connectivity index is 2.37. The van der Waals surface area contributed by atoms with E-state index in [2.05, 4.69) is 10.3 Å². The van der Waals surface area contributed by atoms with Gasteiger partial charge in [-0.15, -0.1) is 0 Å². The van der Waals surface area contributed by atoms with Gasteiger partial charge in [0.2, 0.25) is 5.88 Å². The summed E-state index contributed by atoms with van der Waals surface area (Å²) in [7, 11) is 0. The predicted molar refractivity (Wildman–Crippen MR) is 105 cm³/mol. The van der Waals surface area contributed by atoms with Gasteiger partial charge in [0.25, 0.3) is 11.5 Å². The van der Waals surface area contributed by atoms with Gasteiger partial charge in [-0.2, -0.15) is 4.98 Å². The number of ether oxygens (including phenoxy) is 1. The second kappa shape index (κ2) is 10.4. The number of rotatable bonds is 10. The zero-order valence-electron chi connectivity index (χ0n) is 16.4. The van der Waals surface area contributed by atoms with Gasteiger partial charge < -0.3 is 20.3 Å². The van der Waals surface area contributed by atoms with Crippen molar-refractivity contribution in [1.82, 2.24) is 14.9 Å².